The van der Waals surface area contributed by atoms with Gasteiger partial charge in [-0.1, -0.05) is 23.9 Å². The van der Waals surface area contributed by atoms with Gasteiger partial charge in [0.05, 0.1) is 16.7 Å². The average Bonchev–Trinajstić information content (AvgIpc) is 3.47. The van der Waals surface area contributed by atoms with E-state index < -0.39 is 0 Å². The van der Waals surface area contributed by atoms with Crippen LogP contribution in [0.15, 0.2) is 58.5 Å². The molecular weight excluding hydrogens is 412 g/mol. The van der Waals surface area contributed by atoms with Gasteiger partial charge in [0.2, 0.25) is 11.7 Å². The molecule has 9 heteroatoms. The minimum Gasteiger partial charge on any atom is -0.372 e. The van der Waals surface area contributed by atoms with E-state index in [2.05, 4.69) is 20.4 Å². The maximum atomic E-state index is 12.5. The Kier molecular flexibility index (Phi) is 5.11. The summed E-state index contributed by atoms with van der Waals surface area (Å²) in [6.07, 6.45) is 2.47. The molecule has 1 N–H and O–H groups in total. The van der Waals surface area contributed by atoms with Crippen LogP contribution in [-0.2, 0) is 11.8 Å². The van der Waals surface area contributed by atoms with E-state index in [-0.39, 0.29) is 17.2 Å². The number of thioether (sulfide) groups is 1. The first kappa shape index (κ1) is 19.6. The Morgan fingerprint density at radius 2 is 1.81 bits per heavy atom. The Labute approximate surface area is 182 Å². The summed E-state index contributed by atoms with van der Waals surface area (Å²) in [6.45, 7) is 2.18. The second kappa shape index (κ2) is 8.07. The number of nitrogens with one attached hydrogen (secondary N) is 1. The average molecular weight is 435 g/mol. The number of fused-ring (bicyclic) bond motifs is 3. The molecule has 1 aliphatic rings. The lowest BCUT2D eigenvalue weighted by molar-refractivity contribution is -0.113. The van der Waals surface area contributed by atoms with Gasteiger partial charge in [0, 0.05) is 31.5 Å². The summed E-state index contributed by atoms with van der Waals surface area (Å²) in [5.41, 5.74) is 2.57. The predicted octanol–water partition coefficient (Wildman–Crippen LogP) is 2.91. The number of carbonyl (C=O) groups is 1. The van der Waals surface area contributed by atoms with Crippen LogP contribution in [0.4, 0.5) is 11.4 Å². The van der Waals surface area contributed by atoms with Crippen molar-refractivity contribution < 1.29 is 4.79 Å². The van der Waals surface area contributed by atoms with Crippen LogP contribution < -0.4 is 15.8 Å². The summed E-state index contributed by atoms with van der Waals surface area (Å²) in [4.78, 5) is 27.4. The number of hydrogen-bond donors (Lipinski definition) is 1. The van der Waals surface area contributed by atoms with Crippen LogP contribution in [0, 0.1) is 0 Å². The molecule has 8 nitrogen and oxygen atoms in total. The first-order chi connectivity index (χ1) is 15.1. The van der Waals surface area contributed by atoms with Gasteiger partial charge in [-0.15, -0.1) is 10.2 Å². The van der Waals surface area contributed by atoms with Gasteiger partial charge < -0.3 is 10.2 Å². The van der Waals surface area contributed by atoms with Gasteiger partial charge in [0.25, 0.3) is 5.56 Å². The molecule has 2 aromatic carbocycles. The van der Waals surface area contributed by atoms with Crippen molar-refractivity contribution in [2.75, 3.05) is 29.1 Å². The molecule has 4 aromatic rings. The third-order valence-corrected chi connectivity index (χ3v) is 6.48. The van der Waals surface area contributed by atoms with E-state index in [0.717, 1.165) is 24.3 Å². The van der Waals surface area contributed by atoms with E-state index in [9.17, 15) is 9.59 Å². The Morgan fingerprint density at radius 3 is 2.58 bits per heavy atom. The topological polar surface area (TPSA) is 84.5 Å². The van der Waals surface area contributed by atoms with Crippen molar-refractivity contribution in [3.63, 3.8) is 0 Å². The van der Waals surface area contributed by atoms with Crippen LogP contribution in [0.25, 0.3) is 16.7 Å². The second-order valence-corrected chi connectivity index (χ2v) is 8.52. The number of anilines is 2. The zero-order valence-corrected chi connectivity index (χ0v) is 17.9. The summed E-state index contributed by atoms with van der Waals surface area (Å²) < 4.78 is 3.29. The predicted molar refractivity (Wildman–Crippen MR) is 123 cm³/mol. The fraction of sp³-hybridized carbons (Fsp3) is 0.273. The summed E-state index contributed by atoms with van der Waals surface area (Å²) >= 11 is 1.29. The Hall–Kier alpha value is -3.33. The molecule has 5 rings (SSSR count). The van der Waals surface area contributed by atoms with Crippen molar-refractivity contribution >= 4 is 45.7 Å². The van der Waals surface area contributed by atoms with Crippen molar-refractivity contribution in [1.82, 2.24) is 19.2 Å². The molecule has 0 unspecified atom stereocenters. The number of aromatic nitrogens is 4. The molecule has 1 saturated heterocycles. The SMILES string of the molecule is Cn1c(=O)c2ccccc2n2c(SCC(=O)Nc3ccc(N4CCCC4)cc3)nnc12. The molecule has 0 saturated carbocycles. The highest BCUT2D eigenvalue weighted by Gasteiger charge is 2.16. The molecule has 1 aliphatic heterocycles. The summed E-state index contributed by atoms with van der Waals surface area (Å²) in [6, 6.07) is 15.3. The monoisotopic (exact) mass is 434 g/mol. The van der Waals surface area contributed by atoms with Gasteiger partial charge in [0.1, 0.15) is 0 Å². The number of rotatable bonds is 5. The van der Waals surface area contributed by atoms with E-state index in [0.29, 0.717) is 16.3 Å². The molecule has 2 aromatic heterocycles. The lowest BCUT2D eigenvalue weighted by Gasteiger charge is -2.17. The summed E-state index contributed by atoms with van der Waals surface area (Å²) in [5.74, 6) is 0.514. The zero-order valence-electron chi connectivity index (χ0n) is 17.1. The van der Waals surface area contributed by atoms with E-state index in [1.165, 1.54) is 34.9 Å². The number of aryl methyl sites for hydroxylation is 1. The lowest BCUT2D eigenvalue weighted by Crippen LogP contribution is -2.20. The van der Waals surface area contributed by atoms with E-state index >= 15 is 0 Å². The molecule has 0 bridgehead atoms. The van der Waals surface area contributed by atoms with Crippen molar-refractivity contribution in [1.29, 1.82) is 0 Å². The highest BCUT2D eigenvalue weighted by molar-refractivity contribution is 7.99. The van der Waals surface area contributed by atoms with Gasteiger partial charge >= 0.3 is 0 Å². The van der Waals surface area contributed by atoms with Crippen LogP contribution in [0.3, 0.4) is 0 Å². The number of hydrogen-bond acceptors (Lipinski definition) is 6. The minimum atomic E-state index is -0.123. The maximum Gasteiger partial charge on any atom is 0.262 e. The molecule has 1 amide bonds. The number of amides is 1. The van der Waals surface area contributed by atoms with Crippen molar-refractivity contribution in [3.8, 4) is 0 Å². The Bertz CT molecular complexity index is 1320. The number of para-hydroxylation sites is 1. The summed E-state index contributed by atoms with van der Waals surface area (Å²) in [5, 5.41) is 12.5. The van der Waals surface area contributed by atoms with E-state index in [1.807, 2.05) is 46.9 Å². The van der Waals surface area contributed by atoms with Crippen molar-refractivity contribution in [3.05, 3.63) is 58.9 Å². The zero-order chi connectivity index (χ0) is 21.4. The first-order valence-electron chi connectivity index (χ1n) is 10.2. The molecule has 31 heavy (non-hydrogen) atoms. The van der Waals surface area contributed by atoms with Crippen LogP contribution in [0.1, 0.15) is 12.8 Å². The van der Waals surface area contributed by atoms with Crippen LogP contribution in [0.2, 0.25) is 0 Å². The van der Waals surface area contributed by atoms with E-state index in [1.54, 1.807) is 13.1 Å². The molecule has 0 spiro atoms. The van der Waals surface area contributed by atoms with E-state index in [4.69, 9.17) is 0 Å². The highest BCUT2D eigenvalue weighted by Crippen LogP contribution is 2.23. The second-order valence-electron chi connectivity index (χ2n) is 7.58. The molecule has 3 heterocycles. The van der Waals surface area contributed by atoms with Gasteiger partial charge in [-0.25, -0.2) is 0 Å². The van der Waals surface area contributed by atoms with Crippen LogP contribution >= 0.6 is 11.8 Å². The van der Waals surface area contributed by atoms with Gasteiger partial charge in [-0.05, 0) is 49.2 Å². The van der Waals surface area contributed by atoms with Crippen molar-refractivity contribution in [2.45, 2.75) is 18.0 Å². The third-order valence-electron chi connectivity index (χ3n) is 5.55. The third kappa shape index (κ3) is 3.65. The molecule has 158 valence electrons. The van der Waals surface area contributed by atoms with Crippen molar-refractivity contribution in [2.24, 2.45) is 7.05 Å². The van der Waals surface area contributed by atoms with Crippen LogP contribution in [-0.4, -0.2) is 43.9 Å². The molecule has 0 atom stereocenters. The fourth-order valence-corrected chi connectivity index (χ4v) is 4.70. The van der Waals surface area contributed by atoms with Gasteiger partial charge in [0.15, 0.2) is 5.16 Å². The fourth-order valence-electron chi connectivity index (χ4n) is 3.96. The molecule has 1 fully saturated rings. The number of benzene rings is 2. The lowest BCUT2D eigenvalue weighted by atomic mass is 10.2. The maximum absolute atomic E-state index is 12.5. The summed E-state index contributed by atoms with van der Waals surface area (Å²) in [7, 11) is 1.67. The highest BCUT2D eigenvalue weighted by atomic mass is 32.2. The molecule has 0 aliphatic carbocycles. The Morgan fingerprint density at radius 1 is 1.06 bits per heavy atom. The largest absolute Gasteiger partial charge is 0.372 e. The standard InChI is InChI=1S/C22H22N6O2S/c1-26-20(30)17-6-2-3-7-18(17)28-21(26)24-25-22(28)31-14-19(29)23-15-8-10-16(11-9-15)27-12-4-5-13-27/h2-3,6-11H,4-5,12-14H2,1H3,(H,23,29). The minimum absolute atomic E-state index is 0.121. The van der Waals surface area contributed by atoms with Gasteiger partial charge in [-0.2, -0.15) is 0 Å². The van der Waals surface area contributed by atoms with Gasteiger partial charge in [-0.3, -0.25) is 18.6 Å². The Balaban J connectivity index is 1.32. The smallest absolute Gasteiger partial charge is 0.262 e. The van der Waals surface area contributed by atoms with Crippen LogP contribution in [0.5, 0.6) is 0 Å². The quantitative estimate of drug-likeness (QED) is 0.486. The number of nitrogens with zero attached hydrogens (tertiary/aromatic N) is 5. The number of carbonyl (C=O) groups excluding carboxylic acids is 1. The first-order valence-corrected chi connectivity index (χ1v) is 11.2. The normalized spacial score (nSPS) is 13.9. The molecule has 0 radical (unpaired) electrons. The molecular formula is C22H22N6O2S.